The standard InChI is InChI=1S/C35H36BrFN6O4/c1-45-35(44)24-7-9-30-31(15-24)43(19-27-17-38-22-42(27)18-23-5-6-23)33(40-30)20-41-13-11-28(12-14-41)47-34-4-2-3-26(39-34)21-46-32-10-8-25(36)16-29(32)37/h2-4,7-10,15-17,22-23,28H,5-6,11-14,18-21H2,1H3. The van der Waals surface area contributed by atoms with Crippen LogP contribution in [0.15, 0.2) is 71.6 Å². The lowest BCUT2D eigenvalue weighted by molar-refractivity contribution is 0.0601. The van der Waals surface area contributed by atoms with Crippen LogP contribution in [0, 0.1) is 11.7 Å². The maximum atomic E-state index is 14.2. The van der Waals surface area contributed by atoms with E-state index in [0.717, 1.165) is 60.9 Å². The van der Waals surface area contributed by atoms with E-state index in [1.54, 1.807) is 18.2 Å². The van der Waals surface area contributed by atoms with Crippen LogP contribution in [-0.4, -0.2) is 61.3 Å². The minimum atomic E-state index is -0.430. The van der Waals surface area contributed by atoms with E-state index >= 15 is 0 Å². The van der Waals surface area contributed by atoms with Crippen LogP contribution >= 0.6 is 15.9 Å². The van der Waals surface area contributed by atoms with Crippen molar-refractivity contribution in [3.8, 4) is 11.6 Å². The third-order valence-corrected chi connectivity index (χ3v) is 9.25. The van der Waals surface area contributed by atoms with Gasteiger partial charge in [-0.25, -0.2) is 24.1 Å². The number of pyridine rings is 1. The monoisotopic (exact) mass is 702 g/mol. The molecule has 0 unspecified atom stereocenters. The summed E-state index contributed by atoms with van der Waals surface area (Å²) in [6, 6.07) is 15.8. The summed E-state index contributed by atoms with van der Waals surface area (Å²) >= 11 is 3.26. The summed E-state index contributed by atoms with van der Waals surface area (Å²) in [7, 11) is 1.40. The molecule has 0 atom stereocenters. The van der Waals surface area contributed by atoms with E-state index in [4.69, 9.17) is 19.2 Å². The number of piperidine rings is 1. The number of nitrogens with zero attached hydrogens (tertiary/aromatic N) is 6. The number of benzene rings is 2. The maximum absolute atomic E-state index is 14.2. The number of esters is 1. The summed E-state index contributed by atoms with van der Waals surface area (Å²) in [5.41, 5.74) is 4.03. The van der Waals surface area contributed by atoms with Gasteiger partial charge in [0.05, 0.1) is 54.5 Å². The zero-order valence-corrected chi connectivity index (χ0v) is 27.7. The fourth-order valence-electron chi connectivity index (χ4n) is 6.00. The van der Waals surface area contributed by atoms with Crippen LogP contribution in [0.5, 0.6) is 11.6 Å². The first-order valence-electron chi connectivity index (χ1n) is 15.9. The molecule has 2 aliphatic rings. The molecule has 3 aromatic heterocycles. The van der Waals surface area contributed by atoms with Crippen LogP contribution in [0.4, 0.5) is 4.39 Å². The van der Waals surface area contributed by atoms with E-state index in [1.807, 2.05) is 42.9 Å². The van der Waals surface area contributed by atoms with Gasteiger partial charge in [-0.3, -0.25) is 4.90 Å². The van der Waals surface area contributed by atoms with Gasteiger partial charge >= 0.3 is 5.97 Å². The van der Waals surface area contributed by atoms with Crippen molar-refractivity contribution in [2.45, 2.75) is 58.0 Å². The van der Waals surface area contributed by atoms with Gasteiger partial charge in [-0.15, -0.1) is 0 Å². The lowest BCUT2D eigenvalue weighted by atomic mass is 10.1. The first-order chi connectivity index (χ1) is 22.9. The third-order valence-electron chi connectivity index (χ3n) is 8.76. The normalized spacial score (nSPS) is 15.6. The van der Waals surface area contributed by atoms with Crippen molar-refractivity contribution in [2.24, 2.45) is 5.92 Å². The van der Waals surface area contributed by atoms with Gasteiger partial charge in [-0.1, -0.05) is 22.0 Å². The number of hydrogen-bond acceptors (Lipinski definition) is 8. The molecule has 0 spiro atoms. The van der Waals surface area contributed by atoms with Gasteiger partial charge in [0, 0.05) is 36.4 Å². The maximum Gasteiger partial charge on any atom is 0.337 e. The molecule has 1 saturated heterocycles. The Hall–Kier alpha value is -4.29. The van der Waals surface area contributed by atoms with Crippen molar-refractivity contribution in [2.75, 3.05) is 20.2 Å². The Balaban J connectivity index is 1.01. The van der Waals surface area contributed by atoms with Gasteiger partial charge in [-0.05, 0) is 74.1 Å². The van der Waals surface area contributed by atoms with Crippen molar-refractivity contribution in [3.05, 3.63) is 100 Å². The summed E-state index contributed by atoms with van der Waals surface area (Å²) in [6.07, 6.45) is 8.08. The molecule has 0 N–H and O–H groups in total. The number of rotatable bonds is 12. The Morgan fingerprint density at radius 2 is 1.87 bits per heavy atom. The molecule has 5 aromatic rings. The Morgan fingerprint density at radius 1 is 1.02 bits per heavy atom. The van der Waals surface area contributed by atoms with Gasteiger partial charge in [0.2, 0.25) is 5.88 Å². The lowest BCUT2D eigenvalue weighted by Crippen LogP contribution is -2.38. The predicted octanol–water partition coefficient (Wildman–Crippen LogP) is 6.40. The number of imidazole rings is 2. The molecule has 0 radical (unpaired) electrons. The Kier molecular flexibility index (Phi) is 9.21. The van der Waals surface area contributed by atoms with E-state index < -0.39 is 5.82 Å². The molecule has 4 heterocycles. The number of carbonyl (C=O) groups is 1. The molecule has 1 aliphatic carbocycles. The largest absolute Gasteiger partial charge is 0.484 e. The highest BCUT2D eigenvalue weighted by Crippen LogP contribution is 2.31. The molecule has 244 valence electrons. The minimum absolute atomic E-state index is 0.0250. The number of methoxy groups -OCH3 is 1. The van der Waals surface area contributed by atoms with E-state index in [1.165, 1.54) is 26.0 Å². The molecular formula is C35H36BrFN6O4. The molecule has 1 aliphatic heterocycles. The highest BCUT2D eigenvalue weighted by Gasteiger charge is 2.25. The molecule has 2 aromatic carbocycles. The van der Waals surface area contributed by atoms with Crippen LogP contribution in [0.3, 0.4) is 0 Å². The molecule has 7 rings (SSSR count). The quantitative estimate of drug-likeness (QED) is 0.138. The second kappa shape index (κ2) is 13.8. The van der Waals surface area contributed by atoms with Crippen LogP contribution in [0.1, 0.15) is 53.3 Å². The number of hydrogen-bond donors (Lipinski definition) is 0. The fourth-order valence-corrected chi connectivity index (χ4v) is 6.34. The summed E-state index contributed by atoms with van der Waals surface area (Å²) in [5.74, 6) is 1.58. The molecular weight excluding hydrogens is 667 g/mol. The van der Waals surface area contributed by atoms with Crippen molar-refractivity contribution in [1.82, 2.24) is 29.0 Å². The van der Waals surface area contributed by atoms with E-state index in [2.05, 4.69) is 39.9 Å². The first-order valence-corrected chi connectivity index (χ1v) is 16.7. The van der Waals surface area contributed by atoms with E-state index in [9.17, 15) is 9.18 Å². The molecule has 10 nitrogen and oxygen atoms in total. The number of ether oxygens (including phenoxy) is 3. The minimum Gasteiger partial charge on any atom is -0.484 e. The Bertz CT molecular complexity index is 1880. The predicted molar refractivity (Wildman–Crippen MR) is 177 cm³/mol. The summed E-state index contributed by atoms with van der Waals surface area (Å²) in [5, 5.41) is 0. The number of fused-ring (bicyclic) bond motifs is 1. The van der Waals surface area contributed by atoms with Gasteiger partial charge < -0.3 is 23.3 Å². The average Bonchev–Trinajstić information content (AvgIpc) is 3.69. The number of carbonyl (C=O) groups excluding carboxylic acids is 1. The molecule has 1 saturated carbocycles. The zero-order chi connectivity index (χ0) is 32.3. The Morgan fingerprint density at radius 3 is 2.66 bits per heavy atom. The third kappa shape index (κ3) is 7.49. The van der Waals surface area contributed by atoms with Crippen molar-refractivity contribution < 1.29 is 23.4 Å². The second-order valence-corrected chi connectivity index (χ2v) is 13.1. The molecule has 0 bridgehead atoms. The average molecular weight is 704 g/mol. The molecule has 12 heteroatoms. The second-order valence-electron chi connectivity index (χ2n) is 12.2. The van der Waals surface area contributed by atoms with Crippen LogP contribution in [0.2, 0.25) is 0 Å². The Labute approximate surface area is 280 Å². The fraction of sp³-hybridized carbons (Fsp3) is 0.371. The van der Waals surface area contributed by atoms with Crippen LogP contribution < -0.4 is 9.47 Å². The van der Waals surface area contributed by atoms with E-state index in [-0.39, 0.29) is 24.4 Å². The summed E-state index contributed by atoms with van der Waals surface area (Å²) in [6.45, 7) is 4.08. The SMILES string of the molecule is COC(=O)c1ccc2nc(CN3CCC(Oc4cccc(COc5ccc(Br)cc5F)n4)CC3)n(Cc3cncn3CC3CC3)c2c1. The smallest absolute Gasteiger partial charge is 0.337 e. The van der Waals surface area contributed by atoms with Gasteiger partial charge in [0.25, 0.3) is 0 Å². The highest BCUT2D eigenvalue weighted by molar-refractivity contribution is 9.10. The first kappa shape index (κ1) is 31.3. The molecule has 2 fully saturated rings. The number of halogens is 2. The topological polar surface area (TPSA) is 96.5 Å². The van der Waals surface area contributed by atoms with Crippen LogP contribution in [-0.2, 0) is 31.0 Å². The number of aromatic nitrogens is 5. The summed E-state index contributed by atoms with van der Waals surface area (Å²) < 4.78 is 36.2. The van der Waals surface area contributed by atoms with Crippen molar-refractivity contribution in [1.29, 1.82) is 0 Å². The summed E-state index contributed by atoms with van der Waals surface area (Å²) in [4.78, 5) is 28.8. The number of likely N-dealkylation sites (tertiary alicyclic amines) is 1. The van der Waals surface area contributed by atoms with E-state index in [0.29, 0.717) is 34.7 Å². The highest BCUT2D eigenvalue weighted by atomic mass is 79.9. The van der Waals surface area contributed by atoms with Gasteiger partial charge in [-0.2, -0.15) is 0 Å². The van der Waals surface area contributed by atoms with Gasteiger partial charge in [0.1, 0.15) is 18.5 Å². The molecule has 47 heavy (non-hydrogen) atoms. The zero-order valence-electron chi connectivity index (χ0n) is 26.1. The van der Waals surface area contributed by atoms with Crippen molar-refractivity contribution >= 4 is 32.9 Å². The van der Waals surface area contributed by atoms with Crippen LogP contribution in [0.25, 0.3) is 11.0 Å². The molecule has 0 amide bonds. The lowest BCUT2D eigenvalue weighted by Gasteiger charge is -2.31. The van der Waals surface area contributed by atoms with Crippen molar-refractivity contribution in [3.63, 3.8) is 0 Å². The van der Waals surface area contributed by atoms with Gasteiger partial charge in [0.15, 0.2) is 11.6 Å².